The molecule has 7 nitrogen and oxygen atoms in total. The second-order valence-corrected chi connectivity index (χ2v) is 5.84. The summed E-state index contributed by atoms with van der Waals surface area (Å²) in [7, 11) is 1.58. The zero-order valence-corrected chi connectivity index (χ0v) is 13.9. The molecule has 1 amide bonds. The lowest BCUT2D eigenvalue weighted by Crippen LogP contribution is -2.41. The molecule has 0 spiro atoms. The average molecular weight is 327 g/mol. The maximum Gasteiger partial charge on any atom is 0.230 e. The number of nitrogens with one attached hydrogen (secondary N) is 1. The molecule has 2 aromatic rings. The van der Waals surface area contributed by atoms with E-state index >= 15 is 0 Å². The lowest BCUT2D eigenvalue weighted by molar-refractivity contribution is -0.120. The Kier molecular flexibility index (Phi) is 4.88. The van der Waals surface area contributed by atoms with E-state index in [-0.39, 0.29) is 11.8 Å². The van der Waals surface area contributed by atoms with E-state index in [4.69, 9.17) is 4.74 Å². The Bertz CT molecular complexity index is 722. The Morgan fingerprint density at radius 2 is 2.21 bits per heavy atom. The number of aryl methyl sites for hydroxylation is 1. The number of ether oxygens (including phenoxy) is 1. The molecule has 1 unspecified atom stereocenters. The predicted molar refractivity (Wildman–Crippen MR) is 91.1 cm³/mol. The van der Waals surface area contributed by atoms with Crippen molar-refractivity contribution in [3.63, 3.8) is 0 Å². The summed E-state index contributed by atoms with van der Waals surface area (Å²) in [5.74, 6) is 1.59. The first kappa shape index (κ1) is 16.2. The molecule has 0 saturated carbocycles. The van der Waals surface area contributed by atoms with Crippen LogP contribution in [0.4, 0.5) is 11.8 Å². The van der Waals surface area contributed by atoms with Gasteiger partial charge in [-0.15, -0.1) is 0 Å². The van der Waals surface area contributed by atoms with Crippen molar-refractivity contribution in [1.29, 1.82) is 0 Å². The summed E-state index contributed by atoms with van der Waals surface area (Å²) >= 11 is 0. The number of amides is 1. The largest absolute Gasteiger partial charge is 0.481 e. The summed E-state index contributed by atoms with van der Waals surface area (Å²) in [6.07, 6.45) is 3.43. The van der Waals surface area contributed by atoms with E-state index in [0.29, 0.717) is 24.2 Å². The first-order valence-electron chi connectivity index (χ1n) is 8.02. The second-order valence-electron chi connectivity index (χ2n) is 5.84. The lowest BCUT2D eigenvalue weighted by Gasteiger charge is -2.31. The fourth-order valence-corrected chi connectivity index (χ4v) is 2.81. The van der Waals surface area contributed by atoms with Crippen molar-refractivity contribution >= 4 is 17.7 Å². The van der Waals surface area contributed by atoms with Gasteiger partial charge in [-0.2, -0.15) is 4.98 Å². The quantitative estimate of drug-likeness (QED) is 0.926. The summed E-state index contributed by atoms with van der Waals surface area (Å²) in [6, 6.07) is 7.30. The molecule has 1 aliphatic heterocycles. The van der Waals surface area contributed by atoms with Crippen LogP contribution in [0.3, 0.4) is 0 Å². The van der Waals surface area contributed by atoms with Crippen molar-refractivity contribution in [1.82, 2.24) is 15.0 Å². The van der Waals surface area contributed by atoms with Gasteiger partial charge in [0, 0.05) is 31.0 Å². The van der Waals surface area contributed by atoms with Crippen molar-refractivity contribution in [3.8, 4) is 5.88 Å². The Morgan fingerprint density at radius 3 is 3.00 bits per heavy atom. The van der Waals surface area contributed by atoms with Crippen LogP contribution in [0.2, 0.25) is 0 Å². The molecular formula is C17H21N5O2. The number of methoxy groups -OCH3 is 1. The van der Waals surface area contributed by atoms with E-state index < -0.39 is 0 Å². The van der Waals surface area contributed by atoms with Crippen molar-refractivity contribution < 1.29 is 9.53 Å². The van der Waals surface area contributed by atoms with Crippen LogP contribution in [0.25, 0.3) is 0 Å². The minimum Gasteiger partial charge on any atom is -0.481 e. The minimum atomic E-state index is -0.115. The third-order valence-electron chi connectivity index (χ3n) is 4.04. The van der Waals surface area contributed by atoms with Crippen molar-refractivity contribution in [3.05, 3.63) is 36.2 Å². The lowest BCUT2D eigenvalue weighted by atomic mass is 9.97. The molecule has 0 aromatic carbocycles. The fourth-order valence-electron chi connectivity index (χ4n) is 2.81. The number of carbonyl (C=O) groups is 1. The van der Waals surface area contributed by atoms with Crippen LogP contribution in [0.15, 0.2) is 30.5 Å². The highest BCUT2D eigenvalue weighted by atomic mass is 16.5. The van der Waals surface area contributed by atoms with Gasteiger partial charge in [0.15, 0.2) is 0 Å². The topological polar surface area (TPSA) is 80.2 Å². The number of hydrogen-bond donors (Lipinski definition) is 1. The van der Waals surface area contributed by atoms with Crippen molar-refractivity contribution in [2.45, 2.75) is 19.8 Å². The van der Waals surface area contributed by atoms with Crippen molar-refractivity contribution in [2.24, 2.45) is 5.92 Å². The van der Waals surface area contributed by atoms with E-state index in [2.05, 4.69) is 20.3 Å². The van der Waals surface area contributed by atoms with E-state index in [1.807, 2.05) is 24.0 Å². The van der Waals surface area contributed by atoms with E-state index in [1.165, 1.54) is 0 Å². The first-order valence-corrected chi connectivity index (χ1v) is 8.02. The Hall–Kier alpha value is -2.70. The van der Waals surface area contributed by atoms with E-state index in [0.717, 1.165) is 25.1 Å². The normalized spacial score (nSPS) is 17.4. The number of carbonyl (C=O) groups excluding carboxylic acids is 1. The molecule has 1 atom stereocenters. The van der Waals surface area contributed by atoms with Crippen LogP contribution in [0, 0.1) is 12.8 Å². The van der Waals surface area contributed by atoms with Gasteiger partial charge in [0.2, 0.25) is 17.7 Å². The molecule has 3 rings (SSSR count). The van der Waals surface area contributed by atoms with Crippen molar-refractivity contribution in [2.75, 3.05) is 30.4 Å². The van der Waals surface area contributed by atoms with Gasteiger partial charge in [-0.05, 0) is 31.9 Å². The molecule has 1 N–H and O–H groups in total. The second kappa shape index (κ2) is 7.25. The van der Waals surface area contributed by atoms with Crippen LogP contribution in [-0.2, 0) is 4.79 Å². The van der Waals surface area contributed by atoms with Gasteiger partial charge >= 0.3 is 0 Å². The summed E-state index contributed by atoms with van der Waals surface area (Å²) < 4.78 is 5.14. The van der Waals surface area contributed by atoms with Gasteiger partial charge < -0.3 is 15.0 Å². The summed E-state index contributed by atoms with van der Waals surface area (Å²) in [5, 5.41) is 2.90. The highest BCUT2D eigenvalue weighted by Gasteiger charge is 2.27. The van der Waals surface area contributed by atoms with Crippen LogP contribution in [-0.4, -0.2) is 41.1 Å². The molecule has 1 aliphatic rings. The van der Waals surface area contributed by atoms with E-state index in [1.54, 1.807) is 25.4 Å². The van der Waals surface area contributed by atoms with Gasteiger partial charge in [0.05, 0.1) is 13.0 Å². The van der Waals surface area contributed by atoms with Crippen LogP contribution in [0.5, 0.6) is 5.88 Å². The Morgan fingerprint density at radius 1 is 1.33 bits per heavy atom. The monoisotopic (exact) mass is 327 g/mol. The van der Waals surface area contributed by atoms with Gasteiger partial charge in [0.1, 0.15) is 5.82 Å². The molecule has 24 heavy (non-hydrogen) atoms. The summed E-state index contributed by atoms with van der Waals surface area (Å²) in [4.78, 5) is 27.5. The maximum absolute atomic E-state index is 12.5. The molecule has 3 heterocycles. The van der Waals surface area contributed by atoms with Crippen LogP contribution in [0.1, 0.15) is 18.5 Å². The fraction of sp³-hybridized carbons (Fsp3) is 0.412. The SMILES string of the molecule is COc1ccnc(N2CCCC(C(=O)Nc3cccc(C)n3)C2)n1. The zero-order valence-electron chi connectivity index (χ0n) is 13.9. The summed E-state index contributed by atoms with van der Waals surface area (Å²) in [5.41, 5.74) is 0.878. The number of nitrogens with zero attached hydrogens (tertiary/aromatic N) is 4. The molecule has 0 radical (unpaired) electrons. The van der Waals surface area contributed by atoms with E-state index in [9.17, 15) is 4.79 Å². The zero-order chi connectivity index (χ0) is 16.9. The molecule has 7 heteroatoms. The highest BCUT2D eigenvalue weighted by molar-refractivity contribution is 5.92. The Balaban J connectivity index is 1.67. The Labute approximate surface area is 141 Å². The van der Waals surface area contributed by atoms with Crippen LogP contribution < -0.4 is 15.0 Å². The number of aromatic nitrogens is 3. The molecule has 0 aliphatic carbocycles. The number of rotatable bonds is 4. The summed E-state index contributed by atoms with van der Waals surface area (Å²) in [6.45, 7) is 3.32. The smallest absolute Gasteiger partial charge is 0.230 e. The maximum atomic E-state index is 12.5. The first-order chi connectivity index (χ1) is 11.7. The number of pyridine rings is 1. The molecule has 126 valence electrons. The minimum absolute atomic E-state index is 0.0132. The van der Waals surface area contributed by atoms with Gasteiger partial charge in [-0.3, -0.25) is 4.79 Å². The van der Waals surface area contributed by atoms with Gasteiger partial charge in [-0.25, -0.2) is 9.97 Å². The molecule has 0 bridgehead atoms. The predicted octanol–water partition coefficient (Wildman–Crippen LogP) is 2.04. The van der Waals surface area contributed by atoms with Crippen LogP contribution >= 0.6 is 0 Å². The molecular weight excluding hydrogens is 306 g/mol. The molecule has 1 saturated heterocycles. The average Bonchev–Trinajstić information content (AvgIpc) is 2.62. The van der Waals surface area contributed by atoms with Gasteiger partial charge in [0.25, 0.3) is 0 Å². The third kappa shape index (κ3) is 3.79. The van der Waals surface area contributed by atoms with Gasteiger partial charge in [-0.1, -0.05) is 6.07 Å². The highest BCUT2D eigenvalue weighted by Crippen LogP contribution is 2.22. The third-order valence-corrected chi connectivity index (χ3v) is 4.04. The molecule has 1 fully saturated rings. The number of hydrogen-bond acceptors (Lipinski definition) is 6. The molecule has 2 aromatic heterocycles. The standard InChI is InChI=1S/C17H21N5O2/c1-12-5-3-7-14(19-12)20-16(23)13-6-4-10-22(11-13)17-18-9-8-15(21-17)24-2/h3,5,7-9,13H,4,6,10-11H2,1-2H3,(H,19,20,23). The number of anilines is 2. The number of piperidine rings is 1.